The van der Waals surface area contributed by atoms with Crippen LogP contribution in [0.1, 0.15) is 55.7 Å². The van der Waals surface area contributed by atoms with Crippen molar-refractivity contribution in [2.75, 3.05) is 19.7 Å². The van der Waals surface area contributed by atoms with E-state index < -0.39 is 0 Å². The van der Waals surface area contributed by atoms with Gasteiger partial charge in [0.2, 0.25) is 11.8 Å². The highest BCUT2D eigenvalue weighted by molar-refractivity contribution is 5.76. The van der Waals surface area contributed by atoms with Crippen molar-refractivity contribution in [3.63, 3.8) is 0 Å². The first-order chi connectivity index (χ1) is 12.2. The number of nitrogens with zero attached hydrogens (tertiary/aromatic N) is 5. The Hall–Kier alpha value is -2.29. The predicted octanol–water partition coefficient (Wildman–Crippen LogP) is 1.37. The fourth-order valence-electron chi connectivity index (χ4n) is 2.80. The number of rotatable bonds is 7. The molecule has 0 aliphatic carbocycles. The van der Waals surface area contributed by atoms with Gasteiger partial charge in [-0.3, -0.25) is 9.89 Å². The van der Waals surface area contributed by atoms with Gasteiger partial charge in [-0.1, -0.05) is 12.1 Å². The summed E-state index contributed by atoms with van der Waals surface area (Å²) >= 11 is 0. The minimum absolute atomic E-state index is 0.105. The van der Waals surface area contributed by atoms with Crippen molar-refractivity contribution in [2.24, 2.45) is 0 Å². The number of aryl methyl sites for hydroxylation is 3. The molecule has 1 aliphatic rings. The van der Waals surface area contributed by atoms with Crippen molar-refractivity contribution >= 4 is 5.91 Å². The van der Waals surface area contributed by atoms with Gasteiger partial charge in [0.25, 0.3) is 0 Å². The molecule has 0 saturated carbocycles. The van der Waals surface area contributed by atoms with Gasteiger partial charge in [-0.25, -0.2) is 4.98 Å². The fourth-order valence-corrected chi connectivity index (χ4v) is 2.80. The van der Waals surface area contributed by atoms with E-state index >= 15 is 0 Å². The molecule has 1 fully saturated rings. The van der Waals surface area contributed by atoms with Crippen molar-refractivity contribution in [3.8, 4) is 0 Å². The minimum atomic E-state index is -0.268. The molecular formula is C16H24N6O3. The number of aromatic amines is 1. The number of amides is 1. The number of ether oxygens (including phenoxy) is 1. The Morgan fingerprint density at radius 1 is 1.36 bits per heavy atom. The number of aromatic nitrogens is 5. The average molecular weight is 348 g/mol. The maximum absolute atomic E-state index is 12.4. The zero-order valence-corrected chi connectivity index (χ0v) is 14.7. The SMILES string of the molecule is CCCc1noc(CCCC(=O)N2CCOC(c3n[nH]c(C)n3)C2)n1. The van der Waals surface area contributed by atoms with E-state index in [4.69, 9.17) is 9.26 Å². The molecule has 1 aliphatic heterocycles. The van der Waals surface area contributed by atoms with Crippen LogP contribution < -0.4 is 0 Å². The third-order valence-corrected chi connectivity index (χ3v) is 4.09. The van der Waals surface area contributed by atoms with Crippen LogP contribution in [0.4, 0.5) is 0 Å². The van der Waals surface area contributed by atoms with Gasteiger partial charge < -0.3 is 14.2 Å². The lowest BCUT2D eigenvalue weighted by Gasteiger charge is -2.31. The third-order valence-electron chi connectivity index (χ3n) is 4.09. The average Bonchev–Trinajstić information content (AvgIpc) is 3.24. The van der Waals surface area contributed by atoms with Crippen molar-refractivity contribution in [2.45, 2.75) is 52.1 Å². The molecule has 3 rings (SSSR count). The molecule has 2 aromatic rings. The Kier molecular flexibility index (Phi) is 5.75. The lowest BCUT2D eigenvalue weighted by molar-refractivity contribution is -0.139. The molecular weight excluding hydrogens is 324 g/mol. The van der Waals surface area contributed by atoms with Crippen LogP contribution in [-0.2, 0) is 22.4 Å². The van der Waals surface area contributed by atoms with Crippen LogP contribution in [0.15, 0.2) is 4.52 Å². The van der Waals surface area contributed by atoms with Crippen molar-refractivity contribution < 1.29 is 14.1 Å². The van der Waals surface area contributed by atoms with Gasteiger partial charge in [0.05, 0.1) is 13.2 Å². The lowest BCUT2D eigenvalue weighted by Crippen LogP contribution is -2.42. The van der Waals surface area contributed by atoms with Crippen LogP contribution in [0.3, 0.4) is 0 Å². The van der Waals surface area contributed by atoms with Gasteiger partial charge >= 0.3 is 0 Å². The van der Waals surface area contributed by atoms with Crippen molar-refractivity contribution in [1.82, 2.24) is 30.2 Å². The van der Waals surface area contributed by atoms with Gasteiger partial charge in [-0.15, -0.1) is 0 Å². The largest absolute Gasteiger partial charge is 0.366 e. The summed E-state index contributed by atoms with van der Waals surface area (Å²) in [6.07, 6.45) is 3.30. The molecule has 9 heteroatoms. The van der Waals surface area contributed by atoms with E-state index in [0.29, 0.717) is 50.7 Å². The molecule has 1 unspecified atom stereocenters. The summed E-state index contributed by atoms with van der Waals surface area (Å²) in [5.74, 6) is 2.79. The molecule has 0 radical (unpaired) electrons. The van der Waals surface area contributed by atoms with E-state index in [1.54, 1.807) is 0 Å². The highest BCUT2D eigenvalue weighted by Crippen LogP contribution is 2.20. The molecule has 3 heterocycles. The Labute approximate surface area is 146 Å². The number of morpholine rings is 1. The Bertz CT molecular complexity index is 698. The highest BCUT2D eigenvalue weighted by atomic mass is 16.5. The number of nitrogens with one attached hydrogen (secondary N) is 1. The van der Waals surface area contributed by atoms with E-state index in [9.17, 15) is 4.79 Å². The molecule has 0 bridgehead atoms. The zero-order chi connectivity index (χ0) is 17.6. The minimum Gasteiger partial charge on any atom is -0.366 e. The third kappa shape index (κ3) is 4.62. The molecule has 1 N–H and O–H groups in total. The van der Waals surface area contributed by atoms with Crippen LogP contribution in [-0.4, -0.2) is 55.8 Å². The van der Waals surface area contributed by atoms with Crippen molar-refractivity contribution in [1.29, 1.82) is 0 Å². The lowest BCUT2D eigenvalue weighted by atomic mass is 10.2. The first-order valence-corrected chi connectivity index (χ1v) is 8.75. The first-order valence-electron chi connectivity index (χ1n) is 8.75. The number of carbonyl (C=O) groups excluding carboxylic acids is 1. The van der Waals surface area contributed by atoms with Crippen LogP contribution >= 0.6 is 0 Å². The Morgan fingerprint density at radius 2 is 2.24 bits per heavy atom. The first kappa shape index (κ1) is 17.5. The number of carbonyl (C=O) groups is 1. The number of hydrogen-bond acceptors (Lipinski definition) is 7. The number of hydrogen-bond donors (Lipinski definition) is 1. The highest BCUT2D eigenvalue weighted by Gasteiger charge is 2.27. The second-order valence-electron chi connectivity index (χ2n) is 6.19. The summed E-state index contributed by atoms with van der Waals surface area (Å²) in [5, 5.41) is 10.9. The van der Waals surface area contributed by atoms with E-state index in [1.807, 2.05) is 11.8 Å². The standard InChI is InChI=1S/C16H24N6O3/c1-3-5-13-18-14(25-21-13)6-4-7-15(23)22-8-9-24-12(10-22)16-17-11(2)19-20-16/h12H,3-10H2,1-2H3,(H,17,19,20). The summed E-state index contributed by atoms with van der Waals surface area (Å²) in [5.41, 5.74) is 0. The summed E-state index contributed by atoms with van der Waals surface area (Å²) in [7, 11) is 0. The molecule has 25 heavy (non-hydrogen) atoms. The summed E-state index contributed by atoms with van der Waals surface area (Å²) < 4.78 is 10.9. The van der Waals surface area contributed by atoms with E-state index in [-0.39, 0.29) is 12.0 Å². The van der Waals surface area contributed by atoms with Crippen molar-refractivity contribution in [3.05, 3.63) is 23.4 Å². The van der Waals surface area contributed by atoms with Crippen LogP contribution in [0, 0.1) is 6.92 Å². The second-order valence-corrected chi connectivity index (χ2v) is 6.19. The van der Waals surface area contributed by atoms with E-state index in [2.05, 4.69) is 32.2 Å². The van der Waals surface area contributed by atoms with Gasteiger partial charge in [0.15, 0.2) is 11.6 Å². The predicted molar refractivity (Wildman–Crippen MR) is 87.6 cm³/mol. The summed E-state index contributed by atoms with van der Waals surface area (Å²) in [6, 6.07) is 0. The quantitative estimate of drug-likeness (QED) is 0.804. The molecule has 9 nitrogen and oxygen atoms in total. The molecule has 0 spiro atoms. The summed E-state index contributed by atoms with van der Waals surface area (Å²) in [6.45, 7) is 5.49. The van der Waals surface area contributed by atoms with Gasteiger partial charge in [0, 0.05) is 25.8 Å². The summed E-state index contributed by atoms with van der Waals surface area (Å²) in [4.78, 5) is 22.9. The van der Waals surface area contributed by atoms with Gasteiger partial charge in [-0.05, 0) is 19.8 Å². The second kappa shape index (κ2) is 8.19. The normalized spacial score (nSPS) is 17.8. The van der Waals surface area contributed by atoms with Crippen LogP contribution in [0.5, 0.6) is 0 Å². The molecule has 1 saturated heterocycles. The Morgan fingerprint density at radius 3 is 3.00 bits per heavy atom. The molecule has 136 valence electrons. The Balaban J connectivity index is 1.45. The van der Waals surface area contributed by atoms with Crippen LogP contribution in [0.2, 0.25) is 0 Å². The zero-order valence-electron chi connectivity index (χ0n) is 14.7. The van der Waals surface area contributed by atoms with Crippen LogP contribution in [0.25, 0.3) is 0 Å². The molecule has 1 atom stereocenters. The molecule has 0 aromatic carbocycles. The number of H-pyrrole nitrogens is 1. The fraction of sp³-hybridized carbons (Fsp3) is 0.688. The monoisotopic (exact) mass is 348 g/mol. The topological polar surface area (TPSA) is 110 Å². The van der Waals surface area contributed by atoms with Gasteiger partial charge in [-0.2, -0.15) is 10.1 Å². The maximum atomic E-state index is 12.4. The smallest absolute Gasteiger partial charge is 0.226 e. The molecule has 1 amide bonds. The maximum Gasteiger partial charge on any atom is 0.226 e. The van der Waals surface area contributed by atoms with E-state index in [0.717, 1.165) is 24.5 Å². The van der Waals surface area contributed by atoms with E-state index in [1.165, 1.54) is 0 Å². The van der Waals surface area contributed by atoms with Gasteiger partial charge in [0.1, 0.15) is 11.9 Å². The molecule has 2 aromatic heterocycles.